The van der Waals surface area contributed by atoms with Crippen LogP contribution in [0.4, 0.5) is 0 Å². The number of hydrogen-bond donors (Lipinski definition) is 8. The number of ether oxygens (including phenoxy) is 4. The van der Waals surface area contributed by atoms with E-state index in [1.165, 1.54) is 12.1 Å². The highest BCUT2D eigenvalue weighted by Crippen LogP contribution is 2.18. The highest BCUT2D eigenvalue weighted by molar-refractivity contribution is 5.93. The summed E-state index contributed by atoms with van der Waals surface area (Å²) in [5.41, 5.74) is 17.3. The van der Waals surface area contributed by atoms with Gasteiger partial charge in [-0.3, -0.25) is 43.3 Å². The van der Waals surface area contributed by atoms with Crippen molar-refractivity contribution in [2.75, 3.05) is 72.5 Å². The molecule has 0 aromatic heterocycles. The van der Waals surface area contributed by atoms with Gasteiger partial charge in [-0.2, -0.15) is 0 Å². The molecule has 0 aliphatic heterocycles. The number of ketones is 4. The number of unbranched alkanes of at least 4 members (excludes halogenated alkanes) is 3. The first-order chi connectivity index (χ1) is 33.0. The van der Waals surface area contributed by atoms with Crippen molar-refractivity contribution < 1.29 is 67.5 Å². The summed E-state index contributed by atoms with van der Waals surface area (Å²) in [6.07, 6.45) is 5.43. The minimum atomic E-state index is -1.08. The third-order valence-corrected chi connectivity index (χ3v) is 11.2. The van der Waals surface area contributed by atoms with Crippen molar-refractivity contribution in [1.29, 1.82) is 0 Å². The molecule has 0 saturated heterocycles. The van der Waals surface area contributed by atoms with Gasteiger partial charge >= 0.3 is 5.97 Å². The van der Waals surface area contributed by atoms with Gasteiger partial charge < -0.3 is 62.3 Å². The molecule has 0 saturated carbocycles. The van der Waals surface area contributed by atoms with Gasteiger partial charge in [0, 0.05) is 57.7 Å². The second kappa shape index (κ2) is 37.5. The number of phenols is 1. The molecule has 0 aliphatic carbocycles. The first kappa shape index (κ1) is 61.7. The number of carbonyl (C=O) groups is 8. The maximum absolute atomic E-state index is 13.5. The summed E-state index contributed by atoms with van der Waals surface area (Å²) in [5, 5.41) is 27.4. The highest BCUT2D eigenvalue weighted by Gasteiger charge is 2.29. The van der Waals surface area contributed by atoms with Crippen LogP contribution in [0.3, 0.4) is 0 Å². The molecule has 3 amide bonds. The minimum Gasteiger partial charge on any atom is -0.508 e. The number of phenolic OH excluding ortho intramolecular Hbond substituents is 1. The second-order valence-corrected chi connectivity index (χ2v) is 17.0. The fourth-order valence-electron chi connectivity index (χ4n) is 6.93. The maximum atomic E-state index is 13.5. The van der Waals surface area contributed by atoms with E-state index < -0.39 is 41.7 Å². The zero-order chi connectivity index (χ0) is 51.4. The predicted molar refractivity (Wildman–Crippen MR) is 257 cm³/mol. The Morgan fingerprint density at radius 2 is 1.35 bits per heavy atom. The Bertz CT molecular complexity index is 1740. The van der Waals surface area contributed by atoms with Gasteiger partial charge in [0.05, 0.1) is 57.6 Å². The van der Waals surface area contributed by atoms with Gasteiger partial charge in [-0.25, -0.2) is 0 Å². The molecule has 11 N–H and O–H groups in total. The lowest BCUT2D eigenvalue weighted by atomic mass is 9.90. The van der Waals surface area contributed by atoms with Crippen LogP contribution in [0, 0.1) is 17.8 Å². The molecule has 21 heteroatoms. The number of nitrogens with two attached hydrogens (primary N) is 3. The van der Waals surface area contributed by atoms with Crippen LogP contribution in [0.1, 0.15) is 110 Å². The Labute approximate surface area is 406 Å². The molecule has 0 bridgehead atoms. The van der Waals surface area contributed by atoms with Crippen molar-refractivity contribution in [3.05, 3.63) is 29.8 Å². The number of carboxylic acids is 1. The molecular weight excluding hydrogens is 899 g/mol. The zero-order valence-corrected chi connectivity index (χ0v) is 40.8. The van der Waals surface area contributed by atoms with Gasteiger partial charge in [0.2, 0.25) is 17.7 Å². The lowest BCUT2D eigenvalue weighted by molar-refractivity contribution is -0.144. The maximum Gasteiger partial charge on any atom is 0.306 e. The summed E-state index contributed by atoms with van der Waals surface area (Å²) < 4.78 is 21.7. The Morgan fingerprint density at radius 3 is 1.99 bits per heavy atom. The van der Waals surface area contributed by atoms with Crippen LogP contribution in [-0.2, 0) is 63.7 Å². The first-order valence-corrected chi connectivity index (χ1v) is 24.0. The average molecular weight is 978 g/mol. The van der Waals surface area contributed by atoms with E-state index in [2.05, 4.69) is 27.9 Å². The van der Waals surface area contributed by atoms with E-state index in [-0.39, 0.29) is 164 Å². The molecule has 0 spiro atoms. The number of carboxylic acid groups (broad SMARTS) is 1. The average Bonchev–Trinajstić information content (AvgIpc) is 3.30. The quantitative estimate of drug-likeness (QED) is 0.0262. The van der Waals surface area contributed by atoms with E-state index in [9.17, 15) is 48.6 Å². The van der Waals surface area contributed by atoms with Crippen LogP contribution in [-0.4, -0.2) is 148 Å². The molecule has 0 fully saturated rings. The van der Waals surface area contributed by atoms with Crippen LogP contribution in [0.2, 0.25) is 0 Å². The Balaban J connectivity index is 2.32. The van der Waals surface area contributed by atoms with E-state index in [1.807, 2.05) is 13.8 Å². The lowest BCUT2D eigenvalue weighted by Crippen LogP contribution is -2.51. The smallest absolute Gasteiger partial charge is 0.306 e. The summed E-state index contributed by atoms with van der Waals surface area (Å²) in [6.45, 7) is 6.44. The molecule has 1 aromatic carbocycles. The molecule has 69 heavy (non-hydrogen) atoms. The molecule has 21 nitrogen and oxygen atoms in total. The van der Waals surface area contributed by atoms with Crippen molar-refractivity contribution >= 4 is 52.8 Å². The van der Waals surface area contributed by atoms with Crippen LogP contribution in [0.15, 0.2) is 29.3 Å². The number of aliphatic carboxylic acids is 1. The largest absolute Gasteiger partial charge is 0.508 e. The Kier molecular flexibility index (Phi) is 33.5. The highest BCUT2D eigenvalue weighted by atomic mass is 16.5. The van der Waals surface area contributed by atoms with Crippen molar-refractivity contribution in [1.82, 2.24) is 16.0 Å². The van der Waals surface area contributed by atoms with Gasteiger partial charge in [0.1, 0.15) is 24.7 Å². The second-order valence-electron chi connectivity index (χ2n) is 17.0. The number of hydrogen-bond acceptors (Lipinski definition) is 15. The number of rotatable bonds is 44. The van der Waals surface area contributed by atoms with Gasteiger partial charge in [-0.05, 0) is 55.7 Å². The molecular formula is C48H79N7O14. The molecule has 0 aliphatic rings. The number of carbonyl (C=O) groups excluding carboxylic acids is 7. The Hall–Kier alpha value is -5.35. The summed E-state index contributed by atoms with van der Waals surface area (Å²) in [7, 11) is 0. The van der Waals surface area contributed by atoms with Crippen molar-refractivity contribution in [3.63, 3.8) is 0 Å². The summed E-state index contributed by atoms with van der Waals surface area (Å²) >= 11 is 0. The molecule has 0 radical (unpaired) electrons. The Morgan fingerprint density at radius 1 is 0.696 bits per heavy atom. The van der Waals surface area contributed by atoms with Crippen LogP contribution in [0.25, 0.3) is 0 Å². The van der Waals surface area contributed by atoms with Gasteiger partial charge in [-0.15, -0.1) is 0 Å². The third-order valence-electron chi connectivity index (χ3n) is 11.2. The molecule has 5 atom stereocenters. The van der Waals surface area contributed by atoms with Gasteiger partial charge in [-0.1, -0.05) is 58.6 Å². The molecule has 1 aromatic rings. The standard InChI is InChI=1S/C48H79N7O14/c1-4-6-7-8-10-38(57)28-35(47(64)65)14-17-43(61)52-20-22-67-24-25-68-31-39(58)11-9-21-66-23-26-69-32-44(62)55-45(33(3)5-2)42(60)30-54-40(18-19-53-48(50)51)41(59)29-36(46(49)63)27-34-12-15-37(56)16-13-34/h12-13,15-16,33,35-36,40,45,54,56H,4-11,14,17-32H2,1-3H3,(H2,49,63)(H,52,61)(H,55,62)(H,64,65)(H4,50,51,53)/t33-,35+,36+,40-,45-/m0/s1. The number of nitrogens with zero attached hydrogens (tertiary/aromatic N) is 1. The third kappa shape index (κ3) is 30.7. The first-order valence-electron chi connectivity index (χ1n) is 24.0. The van der Waals surface area contributed by atoms with Crippen LogP contribution < -0.4 is 33.2 Å². The summed E-state index contributed by atoms with van der Waals surface area (Å²) in [4.78, 5) is 104. The monoisotopic (exact) mass is 978 g/mol. The van der Waals surface area contributed by atoms with E-state index >= 15 is 0 Å². The number of nitrogens with one attached hydrogen (secondary N) is 3. The number of guanidine groups is 1. The summed E-state index contributed by atoms with van der Waals surface area (Å²) in [5.74, 6) is -5.69. The molecule has 0 unspecified atom stereocenters. The number of aliphatic imine (C=N–C) groups is 1. The molecule has 390 valence electrons. The van der Waals surface area contributed by atoms with Gasteiger partial charge in [0.25, 0.3) is 0 Å². The SMILES string of the molecule is CCCCCCC(=O)C[C@@H](CCC(=O)NCCOCCOCC(=O)CCCOCCOCC(=O)N[C@H](C(=O)CN[C@@H](CCN=C(N)N)C(=O)C[C@@H](Cc1ccc(O)cc1)C(N)=O)[C@@H](C)CC)C(=O)O. The van der Waals surface area contributed by atoms with Crippen molar-refractivity contribution in [2.45, 2.75) is 123 Å². The lowest BCUT2D eigenvalue weighted by Gasteiger charge is -2.25. The topological polar surface area (TPSA) is 340 Å². The normalized spacial score (nSPS) is 13.3. The van der Waals surface area contributed by atoms with E-state index in [4.69, 9.17) is 36.1 Å². The van der Waals surface area contributed by atoms with E-state index in [0.29, 0.717) is 24.8 Å². The number of benzene rings is 1. The summed E-state index contributed by atoms with van der Waals surface area (Å²) in [6, 6.07) is 4.39. The minimum absolute atomic E-state index is 0.0102. The van der Waals surface area contributed by atoms with Gasteiger partial charge in [0.15, 0.2) is 23.3 Å². The fourth-order valence-corrected chi connectivity index (χ4v) is 6.93. The number of Topliss-reactive ketones (excluding diaryl/α,β-unsaturated/α-hetero) is 4. The molecule has 0 heterocycles. The molecule has 1 rings (SSSR count). The fraction of sp³-hybridized carbons (Fsp3) is 0.688. The van der Waals surface area contributed by atoms with Crippen molar-refractivity contribution in [2.24, 2.45) is 39.9 Å². The van der Waals surface area contributed by atoms with E-state index in [1.54, 1.807) is 12.1 Å². The zero-order valence-electron chi connectivity index (χ0n) is 40.8. The van der Waals surface area contributed by atoms with Crippen molar-refractivity contribution in [3.8, 4) is 5.75 Å². The number of primary amides is 1. The van der Waals surface area contributed by atoms with Crippen LogP contribution >= 0.6 is 0 Å². The number of aromatic hydroxyl groups is 1. The predicted octanol–water partition coefficient (Wildman–Crippen LogP) is 1.66. The number of amides is 3. The van der Waals surface area contributed by atoms with E-state index in [0.717, 1.165) is 25.7 Å². The van der Waals surface area contributed by atoms with Crippen LogP contribution in [0.5, 0.6) is 5.75 Å².